The van der Waals surface area contributed by atoms with Crippen LogP contribution in [-0.2, 0) is 4.79 Å². The van der Waals surface area contributed by atoms with E-state index in [1.807, 2.05) is 61.0 Å². The van der Waals surface area contributed by atoms with Gasteiger partial charge in [0.05, 0.1) is 12.5 Å². The number of hydrogen-bond donors (Lipinski definition) is 1. The minimum absolute atomic E-state index is 0.0301. The zero-order chi connectivity index (χ0) is 20.9. The van der Waals surface area contributed by atoms with Crippen LogP contribution in [0.3, 0.4) is 0 Å². The lowest BCUT2D eigenvalue weighted by atomic mass is 9.97. The van der Waals surface area contributed by atoms with Gasteiger partial charge in [0.2, 0.25) is 5.91 Å². The van der Waals surface area contributed by atoms with E-state index in [-0.39, 0.29) is 11.8 Å². The topological polar surface area (TPSA) is 85.2 Å². The van der Waals surface area contributed by atoms with Crippen LogP contribution in [0.5, 0.6) is 5.75 Å². The first-order valence-electron chi connectivity index (χ1n) is 10.3. The van der Waals surface area contributed by atoms with Gasteiger partial charge in [0.1, 0.15) is 11.6 Å². The molecule has 3 heterocycles. The zero-order valence-corrected chi connectivity index (χ0v) is 17.3. The quantitative estimate of drug-likeness (QED) is 0.677. The maximum absolute atomic E-state index is 12.8. The Balaban J connectivity index is 1.39. The van der Waals surface area contributed by atoms with E-state index >= 15 is 0 Å². The fourth-order valence-corrected chi connectivity index (χ4v) is 3.68. The molecule has 3 aromatic rings. The number of hydrogen-bond acceptors (Lipinski definition) is 6. The Morgan fingerprint density at radius 3 is 2.60 bits per heavy atom. The fourth-order valence-electron chi connectivity index (χ4n) is 3.68. The Bertz CT molecular complexity index is 984. The van der Waals surface area contributed by atoms with Gasteiger partial charge in [-0.25, -0.2) is 4.98 Å². The third-order valence-electron chi connectivity index (χ3n) is 5.26. The number of ether oxygens (including phenoxy) is 1. The number of piperidine rings is 1. The minimum atomic E-state index is -0.0947. The fraction of sp³-hybridized carbons (Fsp3) is 0.364. The van der Waals surface area contributed by atoms with Gasteiger partial charge in [0.25, 0.3) is 0 Å². The Morgan fingerprint density at radius 2 is 1.93 bits per heavy atom. The normalized spacial score (nSPS) is 16.3. The molecule has 4 rings (SSSR count). The van der Waals surface area contributed by atoms with Gasteiger partial charge in [-0.3, -0.25) is 9.36 Å². The van der Waals surface area contributed by atoms with Crippen molar-refractivity contribution in [3.05, 3.63) is 54.6 Å². The van der Waals surface area contributed by atoms with Gasteiger partial charge >= 0.3 is 0 Å². The number of aromatic nitrogens is 4. The zero-order valence-electron chi connectivity index (χ0n) is 17.3. The van der Waals surface area contributed by atoms with E-state index < -0.39 is 0 Å². The van der Waals surface area contributed by atoms with Crippen LogP contribution in [-0.4, -0.2) is 45.4 Å². The molecule has 0 bridgehead atoms. The van der Waals surface area contributed by atoms with Crippen molar-refractivity contribution in [2.45, 2.75) is 26.7 Å². The number of carbonyl (C=O) groups is 1. The lowest BCUT2D eigenvalue weighted by molar-refractivity contribution is -0.120. The van der Waals surface area contributed by atoms with Crippen LogP contribution in [0.15, 0.2) is 48.8 Å². The molecule has 1 N–H and O–H groups in total. The highest BCUT2D eigenvalue weighted by Crippen LogP contribution is 2.24. The Morgan fingerprint density at radius 1 is 1.17 bits per heavy atom. The summed E-state index contributed by atoms with van der Waals surface area (Å²) in [5.74, 6) is 3.11. The van der Waals surface area contributed by atoms with E-state index in [2.05, 4.69) is 25.4 Å². The molecular formula is C22H26N6O2. The number of imidazole rings is 1. The van der Waals surface area contributed by atoms with Crippen LogP contribution in [0.4, 0.5) is 11.5 Å². The van der Waals surface area contributed by atoms with Gasteiger partial charge in [-0.1, -0.05) is 0 Å². The molecule has 0 saturated carbocycles. The monoisotopic (exact) mass is 406 g/mol. The molecule has 8 heteroatoms. The van der Waals surface area contributed by atoms with E-state index in [9.17, 15) is 4.79 Å². The van der Waals surface area contributed by atoms with Gasteiger partial charge in [-0.05, 0) is 63.1 Å². The lowest BCUT2D eigenvalue weighted by Gasteiger charge is -2.32. The summed E-state index contributed by atoms with van der Waals surface area (Å²) in [6, 6.07) is 11.4. The maximum atomic E-state index is 12.8. The number of nitrogens with zero attached hydrogens (tertiary/aromatic N) is 5. The molecule has 0 aliphatic carbocycles. The Labute approximate surface area is 175 Å². The van der Waals surface area contributed by atoms with Crippen molar-refractivity contribution in [2.75, 3.05) is 29.9 Å². The van der Waals surface area contributed by atoms with Crippen LogP contribution in [0.2, 0.25) is 0 Å². The van der Waals surface area contributed by atoms with Crippen LogP contribution >= 0.6 is 0 Å². The SMILES string of the molecule is CCOc1ccc(NC(=O)C2CCCN(c3ccc(-n4ccnc4C)nn3)C2)cc1. The Kier molecular flexibility index (Phi) is 5.92. The third-order valence-corrected chi connectivity index (χ3v) is 5.26. The highest BCUT2D eigenvalue weighted by Gasteiger charge is 2.27. The molecule has 0 spiro atoms. The molecule has 1 aliphatic rings. The highest BCUT2D eigenvalue weighted by molar-refractivity contribution is 5.93. The molecule has 156 valence electrons. The van der Waals surface area contributed by atoms with Crippen molar-refractivity contribution in [2.24, 2.45) is 5.92 Å². The third kappa shape index (κ3) is 4.42. The minimum Gasteiger partial charge on any atom is -0.494 e. The molecule has 2 aromatic heterocycles. The van der Waals surface area contributed by atoms with E-state index in [0.717, 1.165) is 48.3 Å². The molecule has 1 fully saturated rings. The van der Waals surface area contributed by atoms with E-state index in [1.54, 1.807) is 6.20 Å². The standard InChI is InChI=1S/C22H26N6O2/c1-3-30-19-8-6-18(7-9-19)24-22(29)17-5-4-13-27(15-17)20-10-11-21(26-25-20)28-14-12-23-16(28)2/h6-12,14,17H,3-5,13,15H2,1-2H3,(H,24,29). The molecule has 1 aromatic carbocycles. The van der Waals surface area contributed by atoms with Crippen molar-refractivity contribution >= 4 is 17.4 Å². The van der Waals surface area contributed by atoms with Crippen molar-refractivity contribution in [3.63, 3.8) is 0 Å². The average Bonchev–Trinajstić information content (AvgIpc) is 3.21. The summed E-state index contributed by atoms with van der Waals surface area (Å²) in [6.07, 6.45) is 5.40. The molecule has 0 radical (unpaired) electrons. The summed E-state index contributed by atoms with van der Waals surface area (Å²) < 4.78 is 7.34. The lowest BCUT2D eigenvalue weighted by Crippen LogP contribution is -2.41. The van der Waals surface area contributed by atoms with E-state index in [4.69, 9.17) is 4.74 Å². The van der Waals surface area contributed by atoms with Crippen molar-refractivity contribution < 1.29 is 9.53 Å². The van der Waals surface area contributed by atoms with Gasteiger partial charge in [0.15, 0.2) is 11.6 Å². The first kappa shape index (κ1) is 19.9. The van der Waals surface area contributed by atoms with Crippen LogP contribution in [0.25, 0.3) is 5.82 Å². The van der Waals surface area contributed by atoms with Crippen LogP contribution in [0, 0.1) is 12.8 Å². The second-order valence-corrected chi connectivity index (χ2v) is 7.33. The summed E-state index contributed by atoms with van der Waals surface area (Å²) >= 11 is 0. The summed E-state index contributed by atoms with van der Waals surface area (Å²) in [4.78, 5) is 19.1. The van der Waals surface area contributed by atoms with E-state index in [1.165, 1.54) is 0 Å². The summed E-state index contributed by atoms with van der Waals surface area (Å²) in [7, 11) is 0. The molecule has 1 unspecified atom stereocenters. The van der Waals surface area contributed by atoms with Crippen LogP contribution < -0.4 is 15.0 Å². The molecule has 8 nitrogen and oxygen atoms in total. The van der Waals surface area contributed by atoms with Crippen molar-refractivity contribution in [3.8, 4) is 11.6 Å². The first-order valence-corrected chi connectivity index (χ1v) is 10.3. The van der Waals surface area contributed by atoms with Gasteiger partial charge in [0, 0.05) is 31.2 Å². The van der Waals surface area contributed by atoms with Crippen molar-refractivity contribution in [1.82, 2.24) is 19.7 Å². The maximum Gasteiger partial charge on any atom is 0.229 e. The second-order valence-electron chi connectivity index (χ2n) is 7.33. The highest BCUT2D eigenvalue weighted by atomic mass is 16.5. The molecule has 1 saturated heterocycles. The number of aryl methyl sites for hydroxylation is 1. The van der Waals surface area contributed by atoms with Gasteiger partial charge in [-0.15, -0.1) is 10.2 Å². The van der Waals surface area contributed by atoms with E-state index in [0.29, 0.717) is 13.2 Å². The number of anilines is 2. The number of benzene rings is 1. The summed E-state index contributed by atoms with van der Waals surface area (Å²) in [6.45, 7) is 5.98. The molecule has 1 atom stereocenters. The van der Waals surface area contributed by atoms with Crippen molar-refractivity contribution in [1.29, 1.82) is 0 Å². The molecule has 1 amide bonds. The molecular weight excluding hydrogens is 380 g/mol. The van der Waals surface area contributed by atoms with Gasteiger partial charge < -0.3 is 15.0 Å². The molecule has 30 heavy (non-hydrogen) atoms. The predicted molar refractivity (Wildman–Crippen MR) is 115 cm³/mol. The second kappa shape index (κ2) is 8.94. The summed E-state index contributed by atoms with van der Waals surface area (Å²) in [5.41, 5.74) is 0.778. The number of rotatable bonds is 6. The summed E-state index contributed by atoms with van der Waals surface area (Å²) in [5, 5.41) is 11.7. The first-order chi connectivity index (χ1) is 14.6. The van der Waals surface area contributed by atoms with Gasteiger partial charge in [-0.2, -0.15) is 0 Å². The van der Waals surface area contributed by atoms with Crippen LogP contribution in [0.1, 0.15) is 25.6 Å². The smallest absolute Gasteiger partial charge is 0.229 e. The number of amides is 1. The average molecular weight is 406 g/mol. The Hall–Kier alpha value is -3.42. The largest absolute Gasteiger partial charge is 0.494 e. The molecule has 1 aliphatic heterocycles. The number of carbonyl (C=O) groups excluding carboxylic acids is 1. The predicted octanol–water partition coefficient (Wildman–Crippen LogP) is 3.22. The number of nitrogens with one attached hydrogen (secondary N) is 1.